The van der Waals surface area contributed by atoms with E-state index in [9.17, 15) is 9.59 Å². The summed E-state index contributed by atoms with van der Waals surface area (Å²) in [6.07, 6.45) is 0. The van der Waals surface area contributed by atoms with Crippen molar-refractivity contribution >= 4 is 17.5 Å². The standard InChI is InChI=1S/C15H23N3O3/c1-10-5-6-12(17-15(20)11(2)8-16)13(7-10)21-9-14(19)18(3)4/h5-7,11H,8-9,16H2,1-4H3,(H,17,20). The van der Waals surface area contributed by atoms with E-state index in [4.69, 9.17) is 10.5 Å². The molecule has 0 saturated heterocycles. The van der Waals surface area contributed by atoms with Gasteiger partial charge in [0, 0.05) is 26.6 Å². The van der Waals surface area contributed by atoms with Gasteiger partial charge in [0.2, 0.25) is 5.91 Å². The molecule has 0 aliphatic heterocycles. The van der Waals surface area contributed by atoms with Crippen LogP contribution in [0.2, 0.25) is 0 Å². The van der Waals surface area contributed by atoms with E-state index in [1.165, 1.54) is 4.90 Å². The summed E-state index contributed by atoms with van der Waals surface area (Å²) in [4.78, 5) is 24.9. The van der Waals surface area contributed by atoms with Gasteiger partial charge in [-0.05, 0) is 24.6 Å². The lowest BCUT2D eigenvalue weighted by atomic mass is 10.1. The van der Waals surface area contributed by atoms with Crippen molar-refractivity contribution in [1.82, 2.24) is 4.90 Å². The van der Waals surface area contributed by atoms with E-state index in [0.29, 0.717) is 11.4 Å². The largest absolute Gasteiger partial charge is 0.482 e. The highest BCUT2D eigenvalue weighted by atomic mass is 16.5. The molecule has 1 aromatic carbocycles. The molecule has 0 spiro atoms. The fraction of sp³-hybridized carbons (Fsp3) is 0.467. The maximum Gasteiger partial charge on any atom is 0.259 e. The third kappa shape index (κ3) is 5.07. The van der Waals surface area contributed by atoms with E-state index in [-0.39, 0.29) is 30.9 Å². The summed E-state index contributed by atoms with van der Waals surface area (Å²) in [5.41, 5.74) is 7.00. The number of nitrogens with two attached hydrogens (primary N) is 1. The second-order valence-corrected chi connectivity index (χ2v) is 5.20. The number of benzene rings is 1. The molecule has 1 aromatic rings. The average Bonchev–Trinajstić information content (AvgIpc) is 2.45. The lowest BCUT2D eigenvalue weighted by Crippen LogP contribution is -2.28. The zero-order valence-electron chi connectivity index (χ0n) is 13.0. The number of hydrogen-bond donors (Lipinski definition) is 2. The van der Waals surface area contributed by atoms with Crippen LogP contribution in [-0.4, -0.2) is 44.0 Å². The number of amides is 2. The van der Waals surface area contributed by atoms with Crippen LogP contribution in [0.25, 0.3) is 0 Å². The Morgan fingerprint density at radius 2 is 2.05 bits per heavy atom. The smallest absolute Gasteiger partial charge is 0.259 e. The first-order valence-corrected chi connectivity index (χ1v) is 6.79. The van der Waals surface area contributed by atoms with Crippen molar-refractivity contribution in [3.8, 4) is 5.75 Å². The molecule has 1 unspecified atom stereocenters. The normalized spacial score (nSPS) is 11.7. The summed E-state index contributed by atoms with van der Waals surface area (Å²) in [7, 11) is 3.32. The number of rotatable bonds is 6. The van der Waals surface area contributed by atoms with Crippen molar-refractivity contribution in [2.24, 2.45) is 11.7 Å². The van der Waals surface area contributed by atoms with Crippen molar-refractivity contribution < 1.29 is 14.3 Å². The topological polar surface area (TPSA) is 84.7 Å². The Hall–Kier alpha value is -2.08. The van der Waals surface area contributed by atoms with Crippen LogP contribution in [0.3, 0.4) is 0 Å². The molecule has 21 heavy (non-hydrogen) atoms. The molecule has 6 heteroatoms. The van der Waals surface area contributed by atoms with Crippen LogP contribution in [0.4, 0.5) is 5.69 Å². The lowest BCUT2D eigenvalue weighted by molar-refractivity contribution is -0.130. The molecule has 0 heterocycles. The van der Waals surface area contributed by atoms with Crippen LogP contribution >= 0.6 is 0 Å². The Kier molecular flexibility index (Phi) is 6.17. The summed E-state index contributed by atoms with van der Waals surface area (Å²) in [5, 5.41) is 2.77. The number of carbonyl (C=O) groups is 2. The highest BCUT2D eigenvalue weighted by Crippen LogP contribution is 2.26. The van der Waals surface area contributed by atoms with Gasteiger partial charge in [-0.25, -0.2) is 0 Å². The van der Waals surface area contributed by atoms with E-state index < -0.39 is 0 Å². The van der Waals surface area contributed by atoms with Crippen LogP contribution in [0.5, 0.6) is 5.75 Å². The third-order valence-electron chi connectivity index (χ3n) is 3.05. The predicted molar refractivity (Wildman–Crippen MR) is 82.2 cm³/mol. The number of hydrogen-bond acceptors (Lipinski definition) is 4. The number of carbonyl (C=O) groups excluding carboxylic acids is 2. The van der Waals surface area contributed by atoms with Crippen molar-refractivity contribution in [3.63, 3.8) is 0 Å². The average molecular weight is 293 g/mol. The molecule has 0 bridgehead atoms. The Bertz CT molecular complexity index is 515. The lowest BCUT2D eigenvalue weighted by Gasteiger charge is -2.16. The second kappa shape index (κ2) is 7.64. The minimum Gasteiger partial charge on any atom is -0.482 e. The number of aryl methyl sites for hydroxylation is 1. The van der Waals surface area contributed by atoms with Crippen LogP contribution in [-0.2, 0) is 9.59 Å². The zero-order chi connectivity index (χ0) is 16.0. The zero-order valence-corrected chi connectivity index (χ0v) is 13.0. The highest BCUT2D eigenvalue weighted by Gasteiger charge is 2.14. The van der Waals surface area contributed by atoms with Gasteiger partial charge < -0.3 is 20.7 Å². The minimum absolute atomic E-state index is 0.0776. The molecule has 0 radical (unpaired) electrons. The van der Waals surface area contributed by atoms with E-state index in [1.54, 1.807) is 33.2 Å². The molecule has 0 saturated carbocycles. The Morgan fingerprint density at radius 3 is 2.62 bits per heavy atom. The molecule has 0 aliphatic rings. The molecule has 0 aromatic heterocycles. The van der Waals surface area contributed by atoms with Crippen LogP contribution < -0.4 is 15.8 Å². The molecular weight excluding hydrogens is 270 g/mol. The first-order chi connectivity index (χ1) is 9.85. The monoisotopic (exact) mass is 293 g/mol. The van der Waals surface area contributed by atoms with E-state index in [0.717, 1.165) is 5.56 Å². The summed E-state index contributed by atoms with van der Waals surface area (Å²) < 4.78 is 5.52. The highest BCUT2D eigenvalue weighted by molar-refractivity contribution is 5.94. The minimum atomic E-state index is -0.289. The van der Waals surface area contributed by atoms with Gasteiger partial charge in [-0.3, -0.25) is 9.59 Å². The second-order valence-electron chi connectivity index (χ2n) is 5.20. The van der Waals surface area contributed by atoms with E-state index >= 15 is 0 Å². The molecular formula is C15H23N3O3. The van der Waals surface area contributed by atoms with Crippen molar-refractivity contribution in [1.29, 1.82) is 0 Å². The number of nitrogens with one attached hydrogen (secondary N) is 1. The summed E-state index contributed by atoms with van der Waals surface area (Å²) in [5.74, 6) is -0.139. The van der Waals surface area contributed by atoms with E-state index in [2.05, 4.69) is 5.32 Å². The predicted octanol–water partition coefficient (Wildman–Crippen LogP) is 0.995. The molecule has 2 amide bonds. The van der Waals surface area contributed by atoms with Gasteiger partial charge in [-0.2, -0.15) is 0 Å². The van der Waals surface area contributed by atoms with Crippen molar-refractivity contribution in [3.05, 3.63) is 23.8 Å². The fourth-order valence-electron chi connectivity index (χ4n) is 1.48. The first kappa shape index (κ1) is 17.0. The van der Waals surface area contributed by atoms with Gasteiger partial charge in [-0.15, -0.1) is 0 Å². The molecule has 1 rings (SSSR count). The van der Waals surface area contributed by atoms with Gasteiger partial charge in [-0.1, -0.05) is 13.0 Å². The Labute approximate surface area is 125 Å². The number of ether oxygens (including phenoxy) is 1. The van der Waals surface area contributed by atoms with Gasteiger partial charge in [0.1, 0.15) is 5.75 Å². The molecule has 0 fully saturated rings. The Morgan fingerprint density at radius 1 is 1.38 bits per heavy atom. The fourth-order valence-corrected chi connectivity index (χ4v) is 1.48. The molecule has 1 atom stereocenters. The van der Waals surface area contributed by atoms with Crippen LogP contribution in [0.1, 0.15) is 12.5 Å². The summed E-state index contributed by atoms with van der Waals surface area (Å²) in [6.45, 7) is 3.85. The van der Waals surface area contributed by atoms with Gasteiger partial charge >= 0.3 is 0 Å². The summed E-state index contributed by atoms with van der Waals surface area (Å²) in [6, 6.07) is 5.40. The Balaban J connectivity index is 2.84. The maximum absolute atomic E-state index is 11.9. The molecule has 0 aliphatic carbocycles. The molecule has 116 valence electrons. The van der Waals surface area contributed by atoms with Gasteiger partial charge in [0.05, 0.1) is 5.69 Å². The molecule has 3 N–H and O–H groups in total. The van der Waals surface area contributed by atoms with Crippen LogP contribution in [0, 0.1) is 12.8 Å². The van der Waals surface area contributed by atoms with Crippen LogP contribution in [0.15, 0.2) is 18.2 Å². The SMILES string of the molecule is Cc1ccc(NC(=O)C(C)CN)c(OCC(=O)N(C)C)c1. The maximum atomic E-state index is 11.9. The van der Waals surface area contributed by atoms with Gasteiger partial charge in [0.25, 0.3) is 5.91 Å². The van der Waals surface area contributed by atoms with Crippen molar-refractivity contribution in [2.75, 3.05) is 32.6 Å². The summed E-state index contributed by atoms with van der Waals surface area (Å²) >= 11 is 0. The first-order valence-electron chi connectivity index (χ1n) is 6.79. The number of likely N-dealkylation sites (N-methyl/N-ethyl adjacent to an activating group) is 1. The third-order valence-corrected chi connectivity index (χ3v) is 3.05. The van der Waals surface area contributed by atoms with Crippen molar-refractivity contribution in [2.45, 2.75) is 13.8 Å². The number of anilines is 1. The molecule has 6 nitrogen and oxygen atoms in total. The number of nitrogens with zero attached hydrogens (tertiary/aromatic N) is 1. The van der Waals surface area contributed by atoms with E-state index in [1.807, 2.05) is 13.0 Å². The quantitative estimate of drug-likeness (QED) is 0.819. The van der Waals surface area contributed by atoms with Gasteiger partial charge in [0.15, 0.2) is 6.61 Å².